The van der Waals surface area contributed by atoms with E-state index in [9.17, 15) is 0 Å². The van der Waals surface area contributed by atoms with Gasteiger partial charge < -0.3 is 0 Å². The SMILES string of the molecule is C.C#CCCC(C)(C)C. The number of terminal acetylenes is 1. The molecule has 0 heteroatoms. The fourth-order valence-electron chi connectivity index (χ4n) is 0.447. The van der Waals surface area contributed by atoms with Gasteiger partial charge in [0.2, 0.25) is 0 Å². The van der Waals surface area contributed by atoms with E-state index in [1.165, 1.54) is 0 Å². The second kappa shape index (κ2) is 4.44. The van der Waals surface area contributed by atoms with Gasteiger partial charge in [0, 0.05) is 6.42 Å². The first kappa shape index (κ1) is 11.4. The molecule has 0 fully saturated rings. The van der Waals surface area contributed by atoms with Crippen LogP contribution in [0.2, 0.25) is 0 Å². The van der Waals surface area contributed by atoms with E-state index in [0.29, 0.717) is 5.41 Å². The molecule has 0 aliphatic rings. The van der Waals surface area contributed by atoms with E-state index in [4.69, 9.17) is 6.42 Å². The molecule has 0 bridgehead atoms. The van der Waals surface area contributed by atoms with Crippen LogP contribution in [0.1, 0.15) is 41.0 Å². The summed E-state index contributed by atoms with van der Waals surface area (Å²) in [4.78, 5) is 0. The van der Waals surface area contributed by atoms with Gasteiger partial charge in [-0.15, -0.1) is 12.3 Å². The van der Waals surface area contributed by atoms with Gasteiger partial charge in [-0.2, -0.15) is 0 Å². The van der Waals surface area contributed by atoms with E-state index < -0.39 is 0 Å². The van der Waals surface area contributed by atoms with Crippen LogP contribution in [0, 0.1) is 17.8 Å². The minimum absolute atomic E-state index is 0. The van der Waals surface area contributed by atoms with Crippen molar-refractivity contribution >= 4 is 0 Å². The van der Waals surface area contributed by atoms with Crippen LogP contribution in [-0.4, -0.2) is 0 Å². The Labute approximate surface area is 59.7 Å². The van der Waals surface area contributed by atoms with E-state index in [1.54, 1.807) is 0 Å². The van der Waals surface area contributed by atoms with Crippen LogP contribution in [0.5, 0.6) is 0 Å². The third-order valence-electron chi connectivity index (χ3n) is 1.02. The second-order valence-corrected chi connectivity index (χ2v) is 3.26. The van der Waals surface area contributed by atoms with Crippen LogP contribution in [0.4, 0.5) is 0 Å². The third kappa shape index (κ3) is 11.2. The molecule has 0 rings (SSSR count). The standard InChI is InChI=1S/C8H14.CH4/c1-5-6-7-8(2,3)4;/h1H,6-7H2,2-4H3;1H4. The van der Waals surface area contributed by atoms with Crippen molar-refractivity contribution in [1.82, 2.24) is 0 Å². The van der Waals surface area contributed by atoms with Crippen LogP contribution in [0.3, 0.4) is 0 Å². The molecule has 0 N–H and O–H groups in total. The minimum Gasteiger partial charge on any atom is -0.120 e. The summed E-state index contributed by atoms with van der Waals surface area (Å²) in [5.41, 5.74) is 0.409. The zero-order chi connectivity index (χ0) is 6.62. The fraction of sp³-hybridized carbons (Fsp3) is 0.778. The molecular weight excluding hydrogens is 108 g/mol. The molecule has 0 unspecified atom stereocenters. The van der Waals surface area contributed by atoms with Gasteiger partial charge in [0.05, 0.1) is 0 Å². The fourth-order valence-corrected chi connectivity index (χ4v) is 0.447. The molecule has 0 spiro atoms. The van der Waals surface area contributed by atoms with Crippen molar-refractivity contribution in [1.29, 1.82) is 0 Å². The molecular formula is C9H18. The van der Waals surface area contributed by atoms with Gasteiger partial charge in [0.1, 0.15) is 0 Å². The van der Waals surface area contributed by atoms with Gasteiger partial charge in [-0.1, -0.05) is 28.2 Å². The molecule has 0 saturated carbocycles. The Morgan fingerprint density at radius 3 is 1.89 bits per heavy atom. The van der Waals surface area contributed by atoms with Crippen molar-refractivity contribution in [3.8, 4) is 12.3 Å². The molecule has 0 radical (unpaired) electrons. The molecule has 0 saturated heterocycles. The highest BCUT2D eigenvalue weighted by Crippen LogP contribution is 2.19. The maximum Gasteiger partial charge on any atom is 0.00910 e. The van der Waals surface area contributed by atoms with Crippen LogP contribution in [0.15, 0.2) is 0 Å². The molecule has 0 aromatic carbocycles. The highest BCUT2D eigenvalue weighted by Gasteiger charge is 2.07. The smallest absolute Gasteiger partial charge is 0.00910 e. The van der Waals surface area contributed by atoms with Crippen LogP contribution in [-0.2, 0) is 0 Å². The first-order valence-electron chi connectivity index (χ1n) is 3.00. The molecule has 0 atom stereocenters. The molecule has 0 aromatic heterocycles. The zero-order valence-corrected chi connectivity index (χ0v) is 5.99. The van der Waals surface area contributed by atoms with E-state index in [1.807, 2.05) is 0 Å². The van der Waals surface area contributed by atoms with Crippen molar-refractivity contribution in [2.24, 2.45) is 5.41 Å². The van der Waals surface area contributed by atoms with Crippen LogP contribution >= 0.6 is 0 Å². The largest absolute Gasteiger partial charge is 0.120 e. The minimum atomic E-state index is 0. The number of hydrogen-bond acceptors (Lipinski definition) is 0. The number of hydrogen-bond donors (Lipinski definition) is 0. The molecule has 0 aliphatic carbocycles. The zero-order valence-electron chi connectivity index (χ0n) is 5.99. The van der Waals surface area contributed by atoms with Gasteiger partial charge in [-0.3, -0.25) is 0 Å². The second-order valence-electron chi connectivity index (χ2n) is 3.26. The lowest BCUT2D eigenvalue weighted by molar-refractivity contribution is 0.384. The summed E-state index contributed by atoms with van der Waals surface area (Å²) in [6.07, 6.45) is 7.12. The van der Waals surface area contributed by atoms with Gasteiger partial charge in [-0.05, 0) is 11.8 Å². The first-order valence-corrected chi connectivity index (χ1v) is 3.00. The van der Waals surface area contributed by atoms with Crippen molar-refractivity contribution < 1.29 is 0 Å². The predicted octanol–water partition coefficient (Wildman–Crippen LogP) is 3.08. The van der Waals surface area contributed by atoms with Gasteiger partial charge in [0.15, 0.2) is 0 Å². The summed E-state index contributed by atoms with van der Waals surface area (Å²) in [5, 5.41) is 0. The summed E-state index contributed by atoms with van der Waals surface area (Å²) in [5.74, 6) is 2.62. The Bertz CT molecular complexity index is 87.6. The van der Waals surface area contributed by atoms with E-state index >= 15 is 0 Å². The van der Waals surface area contributed by atoms with E-state index in [0.717, 1.165) is 12.8 Å². The number of rotatable bonds is 1. The molecule has 54 valence electrons. The predicted molar refractivity (Wildman–Crippen MR) is 44.3 cm³/mol. The lowest BCUT2D eigenvalue weighted by atomic mass is 9.91. The van der Waals surface area contributed by atoms with Crippen LogP contribution < -0.4 is 0 Å². The Morgan fingerprint density at radius 1 is 1.33 bits per heavy atom. The van der Waals surface area contributed by atoms with Crippen molar-refractivity contribution in [2.45, 2.75) is 41.0 Å². The summed E-state index contributed by atoms with van der Waals surface area (Å²) < 4.78 is 0. The normalized spacial score (nSPS) is 9.56. The monoisotopic (exact) mass is 126 g/mol. The molecule has 0 aliphatic heterocycles. The summed E-state index contributed by atoms with van der Waals surface area (Å²) in [7, 11) is 0. The summed E-state index contributed by atoms with van der Waals surface area (Å²) >= 11 is 0. The molecule has 0 nitrogen and oxygen atoms in total. The Hall–Kier alpha value is -0.440. The average molecular weight is 126 g/mol. The van der Waals surface area contributed by atoms with Crippen LogP contribution in [0.25, 0.3) is 0 Å². The van der Waals surface area contributed by atoms with Gasteiger partial charge in [-0.25, -0.2) is 0 Å². The molecule has 9 heavy (non-hydrogen) atoms. The van der Waals surface area contributed by atoms with Gasteiger partial charge in [0.25, 0.3) is 0 Å². The maximum absolute atomic E-state index is 5.09. The molecule has 0 heterocycles. The Morgan fingerprint density at radius 2 is 1.78 bits per heavy atom. The average Bonchev–Trinajstić information content (AvgIpc) is 1.59. The highest BCUT2D eigenvalue weighted by atomic mass is 14.1. The summed E-state index contributed by atoms with van der Waals surface area (Å²) in [6, 6.07) is 0. The van der Waals surface area contributed by atoms with Gasteiger partial charge >= 0.3 is 0 Å². The lowest BCUT2D eigenvalue weighted by Crippen LogP contribution is -2.02. The Kier molecular flexibility index (Phi) is 5.61. The van der Waals surface area contributed by atoms with E-state index in [-0.39, 0.29) is 7.43 Å². The first-order chi connectivity index (χ1) is 3.56. The Balaban J connectivity index is 0. The quantitative estimate of drug-likeness (QED) is 0.474. The molecule has 0 aromatic rings. The van der Waals surface area contributed by atoms with Crippen molar-refractivity contribution in [3.05, 3.63) is 0 Å². The topological polar surface area (TPSA) is 0 Å². The lowest BCUT2D eigenvalue weighted by Gasteiger charge is -2.14. The highest BCUT2D eigenvalue weighted by molar-refractivity contribution is 4.85. The van der Waals surface area contributed by atoms with Crippen molar-refractivity contribution in [3.63, 3.8) is 0 Å². The summed E-state index contributed by atoms with van der Waals surface area (Å²) in [6.45, 7) is 6.60. The third-order valence-corrected chi connectivity index (χ3v) is 1.02. The van der Waals surface area contributed by atoms with Crippen molar-refractivity contribution in [2.75, 3.05) is 0 Å². The maximum atomic E-state index is 5.09. The molecule has 0 amide bonds. The van der Waals surface area contributed by atoms with E-state index in [2.05, 4.69) is 26.7 Å².